The van der Waals surface area contributed by atoms with Crippen LogP contribution in [-0.2, 0) is 0 Å². The Bertz CT molecular complexity index is 3250. The average Bonchev–Trinajstić information content (AvgIpc) is 3.69. The van der Waals surface area contributed by atoms with Gasteiger partial charge in [-0.25, -0.2) is 0 Å². The molecule has 0 aliphatic heterocycles. The molecule has 11 aromatic rings. The Morgan fingerprint density at radius 1 is 0.293 bits per heavy atom. The molecular weight excluding hydrogens is 703 g/mol. The van der Waals surface area contributed by atoms with E-state index >= 15 is 0 Å². The second kappa shape index (κ2) is 14.1. The summed E-state index contributed by atoms with van der Waals surface area (Å²) in [5, 5.41) is 7.03. The van der Waals surface area contributed by atoms with Crippen LogP contribution in [0.3, 0.4) is 0 Å². The van der Waals surface area contributed by atoms with E-state index in [0.717, 1.165) is 55.3 Å². The van der Waals surface area contributed by atoms with Crippen LogP contribution in [0, 0.1) is 0 Å². The molecule has 0 aliphatic carbocycles. The van der Waals surface area contributed by atoms with Crippen molar-refractivity contribution >= 4 is 60.5 Å². The zero-order valence-corrected chi connectivity index (χ0v) is 31.7. The molecule has 0 atom stereocenters. The Labute approximate surface area is 337 Å². The first-order valence-electron chi connectivity index (χ1n) is 19.8. The van der Waals surface area contributed by atoms with E-state index in [1.165, 1.54) is 49.7 Å². The molecule has 2 heteroatoms. The molecule has 10 aromatic carbocycles. The Morgan fingerprint density at radius 3 is 1.52 bits per heavy atom. The van der Waals surface area contributed by atoms with Crippen molar-refractivity contribution in [1.82, 2.24) is 0 Å². The summed E-state index contributed by atoms with van der Waals surface area (Å²) < 4.78 is 6.50. The zero-order valence-electron chi connectivity index (χ0n) is 31.7. The van der Waals surface area contributed by atoms with Gasteiger partial charge in [0.2, 0.25) is 0 Å². The average molecular weight is 740 g/mol. The number of hydrogen-bond donors (Lipinski definition) is 0. The van der Waals surface area contributed by atoms with Crippen LogP contribution >= 0.6 is 0 Å². The fourth-order valence-corrected chi connectivity index (χ4v) is 8.65. The van der Waals surface area contributed by atoms with Crippen molar-refractivity contribution in [2.75, 3.05) is 4.90 Å². The lowest BCUT2D eigenvalue weighted by molar-refractivity contribution is 0.672. The summed E-state index contributed by atoms with van der Waals surface area (Å²) in [5.41, 5.74) is 14.6. The van der Waals surface area contributed by atoms with Crippen LogP contribution in [0.1, 0.15) is 0 Å². The number of anilines is 3. The number of rotatable bonds is 7. The molecule has 0 N–H and O–H groups in total. The quantitative estimate of drug-likeness (QED) is 0.162. The number of para-hydroxylation sites is 2. The molecule has 0 saturated heterocycles. The van der Waals surface area contributed by atoms with Crippen molar-refractivity contribution in [1.29, 1.82) is 0 Å². The van der Waals surface area contributed by atoms with Gasteiger partial charge in [-0.2, -0.15) is 0 Å². The molecule has 0 aliphatic rings. The molecule has 0 bridgehead atoms. The molecule has 2 nitrogen and oxygen atoms in total. The number of hydrogen-bond acceptors (Lipinski definition) is 2. The summed E-state index contributed by atoms with van der Waals surface area (Å²) in [5.74, 6) is 0. The summed E-state index contributed by atoms with van der Waals surface area (Å²) in [4.78, 5) is 2.39. The lowest BCUT2D eigenvalue weighted by atomic mass is 9.93. The molecule has 0 unspecified atom stereocenters. The topological polar surface area (TPSA) is 16.4 Å². The second-order valence-corrected chi connectivity index (χ2v) is 14.9. The summed E-state index contributed by atoms with van der Waals surface area (Å²) in [7, 11) is 0. The van der Waals surface area contributed by atoms with E-state index in [1.54, 1.807) is 0 Å². The van der Waals surface area contributed by atoms with Crippen molar-refractivity contribution in [3.63, 3.8) is 0 Å². The van der Waals surface area contributed by atoms with Crippen LogP contribution in [0.2, 0.25) is 0 Å². The minimum absolute atomic E-state index is 0.900. The van der Waals surface area contributed by atoms with E-state index in [9.17, 15) is 0 Å². The zero-order chi connectivity index (χ0) is 38.4. The van der Waals surface area contributed by atoms with Gasteiger partial charge < -0.3 is 9.32 Å². The maximum atomic E-state index is 6.50. The number of furan rings is 1. The van der Waals surface area contributed by atoms with Gasteiger partial charge in [0.15, 0.2) is 0 Å². The molecule has 0 radical (unpaired) electrons. The van der Waals surface area contributed by atoms with Gasteiger partial charge in [0.25, 0.3) is 0 Å². The first kappa shape index (κ1) is 33.6. The Kier molecular flexibility index (Phi) is 8.19. The summed E-state index contributed by atoms with van der Waals surface area (Å²) >= 11 is 0. The molecule has 0 spiro atoms. The first-order chi connectivity index (χ1) is 28.8. The molecule has 1 heterocycles. The van der Waals surface area contributed by atoms with E-state index < -0.39 is 0 Å². The van der Waals surface area contributed by atoms with Crippen molar-refractivity contribution in [2.24, 2.45) is 0 Å². The fourth-order valence-electron chi connectivity index (χ4n) is 8.65. The third-order valence-corrected chi connectivity index (χ3v) is 11.5. The Balaban J connectivity index is 1.04. The monoisotopic (exact) mass is 739 g/mol. The summed E-state index contributed by atoms with van der Waals surface area (Å²) in [6.07, 6.45) is 0. The smallest absolute Gasteiger partial charge is 0.143 e. The van der Waals surface area contributed by atoms with E-state index in [1.807, 2.05) is 6.07 Å². The predicted octanol–water partition coefficient (Wildman–Crippen LogP) is 16.0. The standard InChI is InChI=1S/C56H37NO/c1-2-13-38(14-3-1)40-29-33-44(34-30-40)57(45-35-31-41(32-36-45)39-25-27-43(28-26-39)47-22-12-16-42-15-4-5-17-46(42)47)54-23-10-8-19-49(54)52-37-53-50-20-9-11-24-55(50)58-56(53)51-21-7-6-18-48(51)52/h1-37H. The van der Waals surface area contributed by atoms with Gasteiger partial charge in [0.05, 0.1) is 5.69 Å². The van der Waals surface area contributed by atoms with Gasteiger partial charge in [-0.1, -0.05) is 182 Å². The Morgan fingerprint density at radius 2 is 0.793 bits per heavy atom. The van der Waals surface area contributed by atoms with Gasteiger partial charge in [-0.3, -0.25) is 0 Å². The molecule has 0 fully saturated rings. The van der Waals surface area contributed by atoms with Gasteiger partial charge in [0.1, 0.15) is 11.2 Å². The molecule has 1 aromatic heterocycles. The fraction of sp³-hybridized carbons (Fsp3) is 0. The van der Waals surface area contributed by atoms with Crippen LogP contribution in [0.5, 0.6) is 0 Å². The van der Waals surface area contributed by atoms with Crippen molar-refractivity contribution < 1.29 is 4.42 Å². The van der Waals surface area contributed by atoms with Gasteiger partial charge in [-0.05, 0) is 97.6 Å². The number of nitrogens with zero attached hydrogens (tertiary/aromatic N) is 1. The summed E-state index contributed by atoms with van der Waals surface area (Å²) in [6.45, 7) is 0. The predicted molar refractivity (Wildman–Crippen MR) is 245 cm³/mol. The van der Waals surface area contributed by atoms with Gasteiger partial charge in [-0.15, -0.1) is 0 Å². The first-order valence-corrected chi connectivity index (χ1v) is 19.8. The minimum atomic E-state index is 0.900. The number of fused-ring (bicyclic) bond motifs is 6. The van der Waals surface area contributed by atoms with Crippen molar-refractivity contribution in [3.05, 3.63) is 224 Å². The molecule has 11 rings (SSSR count). The largest absolute Gasteiger partial charge is 0.455 e. The van der Waals surface area contributed by atoms with Crippen LogP contribution in [0.15, 0.2) is 229 Å². The number of benzene rings is 10. The third kappa shape index (κ3) is 5.82. The lowest BCUT2D eigenvalue weighted by Crippen LogP contribution is -2.11. The molecule has 0 amide bonds. The molecule has 272 valence electrons. The summed E-state index contributed by atoms with van der Waals surface area (Å²) in [6, 6.07) is 80.7. The maximum Gasteiger partial charge on any atom is 0.143 e. The highest BCUT2D eigenvalue weighted by Gasteiger charge is 2.21. The van der Waals surface area contributed by atoms with Crippen LogP contribution in [-0.4, -0.2) is 0 Å². The van der Waals surface area contributed by atoms with E-state index in [2.05, 4.69) is 223 Å². The van der Waals surface area contributed by atoms with Crippen LogP contribution < -0.4 is 4.90 Å². The van der Waals surface area contributed by atoms with E-state index in [-0.39, 0.29) is 0 Å². The third-order valence-electron chi connectivity index (χ3n) is 11.5. The van der Waals surface area contributed by atoms with E-state index in [4.69, 9.17) is 4.42 Å². The highest BCUT2D eigenvalue weighted by atomic mass is 16.3. The minimum Gasteiger partial charge on any atom is -0.455 e. The molecule has 0 saturated carbocycles. The molecular formula is C56H37NO. The highest BCUT2D eigenvalue weighted by molar-refractivity contribution is 6.20. The second-order valence-electron chi connectivity index (χ2n) is 14.9. The van der Waals surface area contributed by atoms with E-state index in [0.29, 0.717) is 0 Å². The molecule has 58 heavy (non-hydrogen) atoms. The van der Waals surface area contributed by atoms with Gasteiger partial charge >= 0.3 is 0 Å². The van der Waals surface area contributed by atoms with Crippen molar-refractivity contribution in [2.45, 2.75) is 0 Å². The van der Waals surface area contributed by atoms with Crippen LogP contribution in [0.25, 0.3) is 88.0 Å². The Hall–Kier alpha value is -7.68. The highest BCUT2D eigenvalue weighted by Crippen LogP contribution is 2.46. The van der Waals surface area contributed by atoms with Crippen molar-refractivity contribution in [3.8, 4) is 44.5 Å². The normalized spacial score (nSPS) is 11.4. The van der Waals surface area contributed by atoms with Crippen LogP contribution in [0.4, 0.5) is 17.1 Å². The lowest BCUT2D eigenvalue weighted by Gasteiger charge is -2.28. The van der Waals surface area contributed by atoms with Gasteiger partial charge in [0, 0.05) is 33.1 Å². The SMILES string of the molecule is c1ccc(-c2ccc(N(c3ccc(-c4ccc(-c5cccc6ccccc56)cc4)cc3)c3ccccc3-c3cc4c5ccccc5oc4c4ccccc34)cc2)cc1. The maximum absolute atomic E-state index is 6.50.